The van der Waals surface area contributed by atoms with Crippen LogP contribution in [-0.4, -0.2) is 31.0 Å². The van der Waals surface area contributed by atoms with Crippen molar-refractivity contribution in [2.75, 3.05) is 19.1 Å². The number of ketones is 1. The largest absolute Gasteiger partial charge is 0.507 e. The number of carbonyl (C=O) groups is 2. The van der Waals surface area contributed by atoms with Crippen molar-refractivity contribution in [3.05, 3.63) is 93.2 Å². The van der Waals surface area contributed by atoms with Gasteiger partial charge in [0.15, 0.2) is 11.5 Å². The number of amides is 1. The zero-order chi connectivity index (χ0) is 24.6. The van der Waals surface area contributed by atoms with E-state index in [-0.39, 0.29) is 32.4 Å². The maximum absolute atomic E-state index is 14.9. The molecule has 1 aliphatic rings. The third kappa shape index (κ3) is 3.97. The molecule has 0 spiro atoms. The molecule has 0 bridgehead atoms. The maximum atomic E-state index is 14.9. The highest BCUT2D eigenvalue weighted by Gasteiger charge is 2.48. The van der Waals surface area contributed by atoms with Gasteiger partial charge in [-0.25, -0.2) is 4.39 Å². The van der Waals surface area contributed by atoms with Crippen molar-refractivity contribution in [3.8, 4) is 11.5 Å². The van der Waals surface area contributed by atoms with Gasteiger partial charge in [0, 0.05) is 16.8 Å². The molecule has 174 valence electrons. The number of halogens is 3. The van der Waals surface area contributed by atoms with Crippen molar-refractivity contribution in [1.82, 2.24) is 0 Å². The summed E-state index contributed by atoms with van der Waals surface area (Å²) in [4.78, 5) is 27.4. The van der Waals surface area contributed by atoms with Crippen LogP contribution in [0.2, 0.25) is 10.0 Å². The summed E-state index contributed by atoms with van der Waals surface area (Å²) in [5.41, 5.74) is 0.144. The Hall–Kier alpha value is -3.55. The average molecular weight is 502 g/mol. The molecule has 1 N–H and O–H groups in total. The Labute approximate surface area is 204 Å². The molecule has 1 unspecified atom stereocenters. The van der Waals surface area contributed by atoms with Crippen LogP contribution in [-0.2, 0) is 9.59 Å². The Bertz CT molecular complexity index is 1340. The van der Waals surface area contributed by atoms with E-state index in [1.54, 1.807) is 12.1 Å². The number of aliphatic hydroxyl groups is 1. The molecule has 1 fully saturated rings. The summed E-state index contributed by atoms with van der Waals surface area (Å²) in [6, 6.07) is 13.3. The molecule has 1 aliphatic heterocycles. The lowest BCUT2D eigenvalue weighted by atomic mass is 9.94. The first-order valence-electron chi connectivity index (χ1n) is 10.0. The molecule has 1 saturated heterocycles. The number of rotatable bonds is 5. The van der Waals surface area contributed by atoms with Crippen LogP contribution < -0.4 is 14.4 Å². The smallest absolute Gasteiger partial charge is 0.300 e. The quantitative estimate of drug-likeness (QED) is 0.272. The highest BCUT2D eigenvalue weighted by Crippen LogP contribution is 2.44. The molecule has 1 atom stereocenters. The van der Waals surface area contributed by atoms with Gasteiger partial charge in [0.1, 0.15) is 11.6 Å². The molecule has 1 amide bonds. The average Bonchev–Trinajstić information content (AvgIpc) is 3.10. The van der Waals surface area contributed by atoms with Crippen LogP contribution in [0, 0.1) is 5.82 Å². The van der Waals surface area contributed by atoms with Crippen molar-refractivity contribution < 1.29 is 28.6 Å². The zero-order valence-corrected chi connectivity index (χ0v) is 19.5. The topological polar surface area (TPSA) is 76.1 Å². The van der Waals surface area contributed by atoms with E-state index < -0.39 is 29.3 Å². The van der Waals surface area contributed by atoms with Crippen molar-refractivity contribution in [2.24, 2.45) is 0 Å². The van der Waals surface area contributed by atoms with E-state index >= 15 is 0 Å². The van der Waals surface area contributed by atoms with E-state index in [2.05, 4.69) is 0 Å². The van der Waals surface area contributed by atoms with E-state index in [1.165, 1.54) is 62.8 Å². The predicted molar refractivity (Wildman–Crippen MR) is 127 cm³/mol. The molecule has 1 heterocycles. The second kappa shape index (κ2) is 9.37. The molecule has 0 aromatic heterocycles. The Kier molecular flexibility index (Phi) is 6.50. The van der Waals surface area contributed by atoms with Crippen molar-refractivity contribution in [1.29, 1.82) is 0 Å². The van der Waals surface area contributed by atoms with Gasteiger partial charge in [0.05, 0.1) is 35.9 Å². The van der Waals surface area contributed by atoms with E-state index in [0.717, 1.165) is 4.90 Å². The van der Waals surface area contributed by atoms with Gasteiger partial charge < -0.3 is 14.6 Å². The van der Waals surface area contributed by atoms with Crippen molar-refractivity contribution >= 4 is 46.3 Å². The lowest BCUT2D eigenvalue weighted by Gasteiger charge is -2.26. The normalized spacial score (nSPS) is 17.2. The predicted octanol–water partition coefficient (Wildman–Crippen LogP) is 5.78. The van der Waals surface area contributed by atoms with Crippen molar-refractivity contribution in [2.45, 2.75) is 6.04 Å². The summed E-state index contributed by atoms with van der Waals surface area (Å²) in [7, 11) is 2.88. The number of aliphatic hydroxyl groups excluding tert-OH is 1. The van der Waals surface area contributed by atoms with Crippen molar-refractivity contribution in [3.63, 3.8) is 0 Å². The van der Waals surface area contributed by atoms with Crippen LogP contribution in [0.4, 0.5) is 10.1 Å². The van der Waals surface area contributed by atoms with Crippen LogP contribution in [0.1, 0.15) is 17.2 Å². The minimum atomic E-state index is -1.26. The SMILES string of the molecule is COc1ccc(/C(O)=C2\C(=O)C(=O)N(c3ccc(Cl)c(Cl)c3)C2c2ccccc2F)cc1OC. The lowest BCUT2D eigenvalue weighted by Crippen LogP contribution is -2.29. The number of Topliss-reactive ketones (excluding diaryl/α,β-unsaturated/α-hetero) is 1. The van der Waals surface area contributed by atoms with E-state index in [4.69, 9.17) is 32.7 Å². The Balaban J connectivity index is 1.97. The number of hydrogen-bond donors (Lipinski definition) is 1. The Morgan fingerprint density at radius 3 is 2.29 bits per heavy atom. The first-order chi connectivity index (χ1) is 16.3. The molecular formula is C25H18Cl2FNO5. The number of anilines is 1. The van der Waals surface area contributed by atoms with Gasteiger partial charge in [-0.1, -0.05) is 41.4 Å². The summed E-state index contributed by atoms with van der Waals surface area (Å²) in [6.07, 6.45) is 0. The molecule has 0 aliphatic carbocycles. The second-order valence-electron chi connectivity index (χ2n) is 7.36. The minimum absolute atomic E-state index is 0.0230. The van der Waals surface area contributed by atoms with Gasteiger partial charge in [-0.05, 0) is 42.5 Å². The number of nitrogens with zero attached hydrogens (tertiary/aromatic N) is 1. The number of hydrogen-bond acceptors (Lipinski definition) is 5. The molecule has 34 heavy (non-hydrogen) atoms. The monoisotopic (exact) mass is 501 g/mol. The van der Waals surface area contributed by atoms with Crippen LogP contribution in [0.3, 0.4) is 0 Å². The minimum Gasteiger partial charge on any atom is -0.507 e. The standard InChI is InChI=1S/C25H18Cl2FNO5/c1-33-19-10-7-13(11-20(19)34-2)23(30)21-22(15-5-3-4-6-18(15)28)29(25(32)24(21)31)14-8-9-16(26)17(27)12-14/h3-12,22,30H,1-2H3/b23-21+. The third-order valence-electron chi connectivity index (χ3n) is 5.48. The van der Waals surface area contributed by atoms with E-state index in [0.29, 0.717) is 11.5 Å². The zero-order valence-electron chi connectivity index (χ0n) is 18.0. The van der Waals surface area contributed by atoms with Crippen LogP contribution >= 0.6 is 23.2 Å². The summed E-state index contributed by atoms with van der Waals surface area (Å²) in [5, 5.41) is 11.6. The van der Waals surface area contributed by atoms with Crippen LogP contribution in [0.15, 0.2) is 66.2 Å². The summed E-state index contributed by atoms with van der Waals surface area (Å²) in [6.45, 7) is 0. The van der Waals surface area contributed by atoms with E-state index in [1.807, 2.05) is 0 Å². The molecule has 9 heteroatoms. The number of carbonyl (C=O) groups excluding carboxylic acids is 2. The van der Waals surface area contributed by atoms with Crippen LogP contribution in [0.5, 0.6) is 11.5 Å². The van der Waals surface area contributed by atoms with Gasteiger partial charge in [0.2, 0.25) is 0 Å². The first-order valence-corrected chi connectivity index (χ1v) is 10.8. The number of benzene rings is 3. The molecule has 4 rings (SSSR count). The second-order valence-corrected chi connectivity index (χ2v) is 8.17. The Morgan fingerprint density at radius 1 is 0.941 bits per heavy atom. The number of ether oxygens (including phenoxy) is 2. The molecule has 3 aromatic carbocycles. The summed E-state index contributed by atoms with van der Waals surface area (Å²) < 4.78 is 25.4. The molecule has 0 radical (unpaired) electrons. The summed E-state index contributed by atoms with van der Waals surface area (Å²) in [5.74, 6) is -2.37. The molecule has 0 saturated carbocycles. The lowest BCUT2D eigenvalue weighted by molar-refractivity contribution is -0.132. The van der Waals surface area contributed by atoms with Gasteiger partial charge >= 0.3 is 0 Å². The molecule has 6 nitrogen and oxygen atoms in total. The van der Waals surface area contributed by atoms with Crippen LogP contribution in [0.25, 0.3) is 5.76 Å². The first kappa shape index (κ1) is 23.6. The molecular weight excluding hydrogens is 484 g/mol. The fourth-order valence-electron chi connectivity index (χ4n) is 3.86. The fraction of sp³-hybridized carbons (Fsp3) is 0.120. The number of methoxy groups -OCH3 is 2. The van der Waals surface area contributed by atoms with Gasteiger partial charge in [-0.15, -0.1) is 0 Å². The Morgan fingerprint density at radius 2 is 1.65 bits per heavy atom. The van der Waals surface area contributed by atoms with Gasteiger partial charge in [0.25, 0.3) is 11.7 Å². The van der Waals surface area contributed by atoms with E-state index in [9.17, 15) is 19.1 Å². The fourth-order valence-corrected chi connectivity index (χ4v) is 4.16. The van der Waals surface area contributed by atoms with Gasteiger partial charge in [-0.2, -0.15) is 0 Å². The molecule has 3 aromatic rings. The highest BCUT2D eigenvalue weighted by atomic mass is 35.5. The third-order valence-corrected chi connectivity index (χ3v) is 6.22. The maximum Gasteiger partial charge on any atom is 0.300 e. The van der Waals surface area contributed by atoms with Gasteiger partial charge in [-0.3, -0.25) is 14.5 Å². The summed E-state index contributed by atoms with van der Waals surface area (Å²) >= 11 is 12.2. The highest BCUT2D eigenvalue weighted by molar-refractivity contribution is 6.52.